The summed E-state index contributed by atoms with van der Waals surface area (Å²) >= 11 is 6.38. The van der Waals surface area contributed by atoms with E-state index in [-0.39, 0.29) is 0 Å². The lowest BCUT2D eigenvalue weighted by atomic mass is 9.72. The van der Waals surface area contributed by atoms with Gasteiger partial charge < -0.3 is 5.32 Å². The Kier molecular flexibility index (Phi) is 5.86. The standard InChI is InChI=1S/C17H27ClN2/c1-4-9-19-16(17-15(18)6-5-10-20-17)14-8-7-12(2)13(3)11-14/h5-6,10,12-14,16,19H,4,7-9,11H2,1-3H3. The van der Waals surface area contributed by atoms with Crippen molar-refractivity contribution in [2.24, 2.45) is 17.8 Å². The van der Waals surface area contributed by atoms with Crippen LogP contribution in [0, 0.1) is 17.8 Å². The zero-order valence-electron chi connectivity index (χ0n) is 12.9. The Bertz CT molecular complexity index is 421. The zero-order valence-corrected chi connectivity index (χ0v) is 13.7. The van der Waals surface area contributed by atoms with Crippen LogP contribution < -0.4 is 5.32 Å². The van der Waals surface area contributed by atoms with Crippen molar-refractivity contribution < 1.29 is 0 Å². The summed E-state index contributed by atoms with van der Waals surface area (Å²) in [6, 6.07) is 4.17. The van der Waals surface area contributed by atoms with Crippen LogP contribution in [0.1, 0.15) is 58.2 Å². The highest BCUT2D eigenvalue weighted by Crippen LogP contribution is 2.40. The Morgan fingerprint density at radius 1 is 1.35 bits per heavy atom. The summed E-state index contributed by atoms with van der Waals surface area (Å²) in [4.78, 5) is 4.56. The van der Waals surface area contributed by atoms with Crippen LogP contribution in [0.3, 0.4) is 0 Å². The molecule has 2 rings (SSSR count). The summed E-state index contributed by atoms with van der Waals surface area (Å²) in [5.74, 6) is 2.29. The van der Waals surface area contributed by atoms with Gasteiger partial charge in [0.05, 0.1) is 16.8 Å². The van der Waals surface area contributed by atoms with Crippen LogP contribution in [0.2, 0.25) is 5.02 Å². The fourth-order valence-corrected chi connectivity index (χ4v) is 3.54. The maximum atomic E-state index is 6.38. The molecule has 1 aromatic heterocycles. The minimum atomic E-state index is 0.304. The van der Waals surface area contributed by atoms with Crippen molar-refractivity contribution in [3.05, 3.63) is 29.0 Å². The predicted molar refractivity (Wildman–Crippen MR) is 86.0 cm³/mol. The first-order chi connectivity index (χ1) is 9.63. The Balaban J connectivity index is 2.17. The van der Waals surface area contributed by atoms with Gasteiger partial charge in [0.25, 0.3) is 0 Å². The number of hydrogen-bond donors (Lipinski definition) is 1. The van der Waals surface area contributed by atoms with Gasteiger partial charge in [-0.15, -0.1) is 0 Å². The first kappa shape index (κ1) is 15.8. The smallest absolute Gasteiger partial charge is 0.0761 e. The molecule has 1 saturated carbocycles. The molecule has 0 radical (unpaired) electrons. The molecule has 1 aliphatic rings. The van der Waals surface area contributed by atoms with E-state index in [9.17, 15) is 0 Å². The van der Waals surface area contributed by atoms with Gasteiger partial charge in [-0.05, 0) is 55.7 Å². The zero-order chi connectivity index (χ0) is 14.5. The quantitative estimate of drug-likeness (QED) is 0.840. The van der Waals surface area contributed by atoms with Gasteiger partial charge in [-0.3, -0.25) is 4.98 Å². The first-order valence-corrected chi connectivity index (χ1v) is 8.35. The molecule has 0 aliphatic heterocycles. The average Bonchev–Trinajstić information content (AvgIpc) is 2.44. The van der Waals surface area contributed by atoms with Gasteiger partial charge in [-0.1, -0.05) is 38.8 Å². The largest absolute Gasteiger partial charge is 0.308 e. The number of nitrogens with one attached hydrogen (secondary N) is 1. The minimum Gasteiger partial charge on any atom is -0.308 e. The van der Waals surface area contributed by atoms with Gasteiger partial charge in [-0.25, -0.2) is 0 Å². The maximum Gasteiger partial charge on any atom is 0.0761 e. The Morgan fingerprint density at radius 2 is 2.15 bits per heavy atom. The summed E-state index contributed by atoms with van der Waals surface area (Å²) in [5, 5.41) is 4.48. The van der Waals surface area contributed by atoms with E-state index in [1.165, 1.54) is 19.3 Å². The molecule has 3 heteroatoms. The van der Waals surface area contributed by atoms with Crippen LogP contribution in [0.15, 0.2) is 18.3 Å². The molecule has 1 fully saturated rings. The second-order valence-corrected chi connectivity index (χ2v) is 6.74. The van der Waals surface area contributed by atoms with Crippen LogP contribution in [-0.2, 0) is 0 Å². The van der Waals surface area contributed by atoms with Gasteiger partial charge >= 0.3 is 0 Å². The Labute approximate surface area is 128 Å². The topological polar surface area (TPSA) is 24.9 Å². The SMILES string of the molecule is CCCNC(c1ncccc1Cl)C1CCC(C)C(C)C1. The molecular weight excluding hydrogens is 268 g/mol. The summed E-state index contributed by atoms with van der Waals surface area (Å²) in [6.07, 6.45) is 6.87. The molecule has 1 heterocycles. The molecule has 4 atom stereocenters. The molecule has 0 aromatic carbocycles. The van der Waals surface area contributed by atoms with Crippen LogP contribution in [0.5, 0.6) is 0 Å². The second-order valence-electron chi connectivity index (χ2n) is 6.33. The molecule has 112 valence electrons. The number of halogens is 1. The third-order valence-corrected chi connectivity index (χ3v) is 5.13. The van der Waals surface area contributed by atoms with Crippen molar-refractivity contribution >= 4 is 11.6 Å². The maximum absolute atomic E-state index is 6.38. The molecule has 20 heavy (non-hydrogen) atoms. The van der Waals surface area contributed by atoms with Gasteiger partial charge in [0.2, 0.25) is 0 Å². The molecule has 1 N–H and O–H groups in total. The van der Waals surface area contributed by atoms with Crippen molar-refractivity contribution in [2.75, 3.05) is 6.54 Å². The third kappa shape index (κ3) is 3.73. The van der Waals surface area contributed by atoms with Crippen molar-refractivity contribution in [3.8, 4) is 0 Å². The highest BCUT2D eigenvalue weighted by atomic mass is 35.5. The number of pyridine rings is 1. The van der Waals surface area contributed by atoms with E-state index in [4.69, 9.17) is 11.6 Å². The molecular formula is C17H27ClN2. The van der Waals surface area contributed by atoms with Gasteiger partial charge in [0.1, 0.15) is 0 Å². The highest BCUT2D eigenvalue weighted by molar-refractivity contribution is 6.31. The van der Waals surface area contributed by atoms with Crippen molar-refractivity contribution in [1.29, 1.82) is 0 Å². The van der Waals surface area contributed by atoms with E-state index in [1.807, 2.05) is 18.3 Å². The third-order valence-electron chi connectivity index (χ3n) is 4.81. The van der Waals surface area contributed by atoms with E-state index in [0.717, 1.165) is 35.5 Å². The van der Waals surface area contributed by atoms with Crippen molar-refractivity contribution in [1.82, 2.24) is 10.3 Å². The van der Waals surface area contributed by atoms with E-state index < -0.39 is 0 Å². The highest BCUT2D eigenvalue weighted by Gasteiger charge is 2.32. The van der Waals surface area contributed by atoms with Crippen molar-refractivity contribution in [3.63, 3.8) is 0 Å². The lowest BCUT2D eigenvalue weighted by Gasteiger charge is -2.37. The lowest BCUT2D eigenvalue weighted by molar-refractivity contribution is 0.169. The van der Waals surface area contributed by atoms with E-state index in [0.29, 0.717) is 12.0 Å². The second kappa shape index (κ2) is 7.42. The fourth-order valence-electron chi connectivity index (χ4n) is 3.31. The summed E-state index contributed by atoms with van der Waals surface area (Å²) in [5.41, 5.74) is 1.04. The van der Waals surface area contributed by atoms with E-state index in [2.05, 4.69) is 31.1 Å². The normalized spacial score (nSPS) is 28.3. The van der Waals surface area contributed by atoms with E-state index >= 15 is 0 Å². The molecule has 0 bridgehead atoms. The van der Waals surface area contributed by atoms with Gasteiger partial charge in [0, 0.05) is 6.20 Å². The summed E-state index contributed by atoms with van der Waals surface area (Å²) in [7, 11) is 0. The number of nitrogens with zero attached hydrogens (tertiary/aromatic N) is 1. The lowest BCUT2D eigenvalue weighted by Crippen LogP contribution is -2.34. The molecule has 0 spiro atoms. The van der Waals surface area contributed by atoms with Crippen LogP contribution in [-0.4, -0.2) is 11.5 Å². The van der Waals surface area contributed by atoms with Crippen LogP contribution in [0.4, 0.5) is 0 Å². The number of hydrogen-bond acceptors (Lipinski definition) is 2. The Hall–Kier alpha value is -0.600. The average molecular weight is 295 g/mol. The summed E-state index contributed by atoms with van der Waals surface area (Å²) in [6.45, 7) is 7.99. The molecule has 0 amide bonds. The number of aromatic nitrogens is 1. The van der Waals surface area contributed by atoms with E-state index in [1.54, 1.807) is 0 Å². The Morgan fingerprint density at radius 3 is 2.80 bits per heavy atom. The van der Waals surface area contributed by atoms with Gasteiger partial charge in [0.15, 0.2) is 0 Å². The predicted octanol–water partition coefficient (Wildman–Crippen LogP) is 4.85. The number of rotatable bonds is 5. The van der Waals surface area contributed by atoms with Gasteiger partial charge in [-0.2, -0.15) is 0 Å². The molecule has 2 nitrogen and oxygen atoms in total. The molecule has 4 unspecified atom stereocenters. The molecule has 1 aliphatic carbocycles. The fraction of sp³-hybridized carbons (Fsp3) is 0.706. The minimum absolute atomic E-state index is 0.304. The van der Waals surface area contributed by atoms with Crippen molar-refractivity contribution in [2.45, 2.75) is 52.5 Å². The molecule has 1 aromatic rings. The van der Waals surface area contributed by atoms with Crippen LogP contribution in [0.25, 0.3) is 0 Å². The first-order valence-electron chi connectivity index (χ1n) is 7.97. The summed E-state index contributed by atoms with van der Waals surface area (Å²) < 4.78 is 0. The van der Waals surface area contributed by atoms with Crippen LogP contribution >= 0.6 is 11.6 Å². The molecule has 0 saturated heterocycles. The monoisotopic (exact) mass is 294 g/mol.